The number of amides is 3. The van der Waals surface area contributed by atoms with Crippen LogP contribution in [0.5, 0.6) is 0 Å². The highest BCUT2D eigenvalue weighted by Crippen LogP contribution is 2.08. The molecule has 3 N–H and O–H groups in total. The maximum absolute atomic E-state index is 11.9. The summed E-state index contributed by atoms with van der Waals surface area (Å²) < 4.78 is 0. The molecule has 0 bridgehead atoms. The largest absolute Gasteiger partial charge is 0.358 e. The van der Waals surface area contributed by atoms with E-state index < -0.39 is 5.91 Å². The molecule has 6 heteroatoms. The molecule has 0 aliphatic carbocycles. The summed E-state index contributed by atoms with van der Waals surface area (Å²) in [5.41, 5.74) is 2.49. The Labute approximate surface area is 117 Å². The van der Waals surface area contributed by atoms with Crippen molar-refractivity contribution in [2.45, 2.75) is 13.8 Å². The summed E-state index contributed by atoms with van der Waals surface area (Å²) in [5.74, 6) is -1.02. The van der Waals surface area contributed by atoms with Crippen LogP contribution in [0, 0.1) is 13.8 Å². The standard InChI is InChI=1S/C14H19N3O3/c1-9-4-10(2)6-11(5-9)14(20)17-8-13(19)16-7-12(18)15-3/h4-6H,7-8H2,1-3H3,(H,15,18)(H,16,19)(H,17,20). The van der Waals surface area contributed by atoms with Gasteiger partial charge in [-0.05, 0) is 26.0 Å². The third-order valence-electron chi connectivity index (χ3n) is 2.62. The van der Waals surface area contributed by atoms with Gasteiger partial charge in [0.15, 0.2) is 0 Å². The number of rotatable bonds is 5. The first-order chi connectivity index (χ1) is 9.42. The molecule has 0 aromatic heterocycles. The number of likely N-dealkylation sites (N-methyl/N-ethyl adjacent to an activating group) is 1. The molecule has 1 rings (SSSR count). The second-order valence-electron chi connectivity index (χ2n) is 4.51. The Bertz CT molecular complexity index is 506. The average Bonchev–Trinajstić information content (AvgIpc) is 2.40. The highest BCUT2D eigenvalue weighted by molar-refractivity contribution is 5.97. The first-order valence-electron chi connectivity index (χ1n) is 6.26. The van der Waals surface area contributed by atoms with Crippen LogP contribution in [0.1, 0.15) is 21.5 Å². The normalized spacial score (nSPS) is 9.75. The summed E-state index contributed by atoms with van der Waals surface area (Å²) in [7, 11) is 1.48. The van der Waals surface area contributed by atoms with Crippen molar-refractivity contribution < 1.29 is 14.4 Å². The zero-order chi connectivity index (χ0) is 15.1. The second kappa shape index (κ2) is 7.28. The fourth-order valence-electron chi connectivity index (χ4n) is 1.70. The summed E-state index contributed by atoms with van der Waals surface area (Å²) in [6.07, 6.45) is 0. The van der Waals surface area contributed by atoms with E-state index in [0.717, 1.165) is 11.1 Å². The van der Waals surface area contributed by atoms with E-state index in [1.807, 2.05) is 19.9 Å². The molecule has 3 amide bonds. The monoisotopic (exact) mass is 277 g/mol. The molecule has 0 saturated heterocycles. The predicted octanol–water partition coefficient (Wildman–Crippen LogP) is -0.105. The molecular weight excluding hydrogens is 258 g/mol. The smallest absolute Gasteiger partial charge is 0.251 e. The Hall–Kier alpha value is -2.37. The van der Waals surface area contributed by atoms with Crippen LogP contribution in [0.3, 0.4) is 0 Å². The molecule has 0 fully saturated rings. The van der Waals surface area contributed by atoms with Gasteiger partial charge in [0, 0.05) is 12.6 Å². The Kier molecular flexibility index (Phi) is 5.71. The number of carbonyl (C=O) groups is 3. The van der Waals surface area contributed by atoms with Gasteiger partial charge in [-0.3, -0.25) is 14.4 Å². The predicted molar refractivity (Wildman–Crippen MR) is 75.3 cm³/mol. The molecule has 1 aromatic carbocycles. The van der Waals surface area contributed by atoms with Gasteiger partial charge in [-0.25, -0.2) is 0 Å². The Morgan fingerprint density at radius 2 is 1.45 bits per heavy atom. The van der Waals surface area contributed by atoms with E-state index >= 15 is 0 Å². The van der Waals surface area contributed by atoms with Gasteiger partial charge in [-0.1, -0.05) is 17.2 Å². The van der Waals surface area contributed by atoms with Crippen LogP contribution >= 0.6 is 0 Å². The zero-order valence-corrected chi connectivity index (χ0v) is 11.9. The first-order valence-corrected chi connectivity index (χ1v) is 6.26. The van der Waals surface area contributed by atoms with Crippen LogP contribution in [0.15, 0.2) is 18.2 Å². The minimum absolute atomic E-state index is 0.102. The first kappa shape index (κ1) is 15.7. The van der Waals surface area contributed by atoms with E-state index in [2.05, 4.69) is 16.0 Å². The highest BCUT2D eigenvalue weighted by Gasteiger charge is 2.09. The molecule has 0 heterocycles. The number of benzene rings is 1. The summed E-state index contributed by atoms with van der Waals surface area (Å²) in [5, 5.41) is 7.29. The molecular formula is C14H19N3O3. The Balaban J connectivity index is 2.46. The quantitative estimate of drug-likeness (QED) is 0.702. The van der Waals surface area contributed by atoms with Gasteiger partial charge in [-0.2, -0.15) is 0 Å². The molecule has 0 atom stereocenters. The molecule has 0 unspecified atom stereocenters. The third kappa shape index (κ3) is 5.09. The van der Waals surface area contributed by atoms with E-state index in [0.29, 0.717) is 5.56 Å². The maximum atomic E-state index is 11.9. The Morgan fingerprint density at radius 3 is 2.00 bits per heavy atom. The van der Waals surface area contributed by atoms with Gasteiger partial charge in [0.1, 0.15) is 0 Å². The SMILES string of the molecule is CNC(=O)CNC(=O)CNC(=O)c1cc(C)cc(C)c1. The number of nitrogens with one attached hydrogen (secondary N) is 3. The van der Waals surface area contributed by atoms with E-state index in [4.69, 9.17) is 0 Å². The molecule has 0 spiro atoms. The van der Waals surface area contributed by atoms with Gasteiger partial charge in [0.25, 0.3) is 5.91 Å². The van der Waals surface area contributed by atoms with Crippen LogP contribution in [-0.4, -0.2) is 37.9 Å². The van der Waals surface area contributed by atoms with Crippen molar-refractivity contribution in [3.63, 3.8) is 0 Å². The van der Waals surface area contributed by atoms with Crippen molar-refractivity contribution in [2.24, 2.45) is 0 Å². The van der Waals surface area contributed by atoms with Gasteiger partial charge >= 0.3 is 0 Å². The molecule has 0 aliphatic rings. The highest BCUT2D eigenvalue weighted by atomic mass is 16.2. The zero-order valence-electron chi connectivity index (χ0n) is 11.9. The molecule has 6 nitrogen and oxygen atoms in total. The minimum Gasteiger partial charge on any atom is -0.358 e. The van der Waals surface area contributed by atoms with Crippen LogP contribution in [0.2, 0.25) is 0 Å². The number of hydrogen-bond acceptors (Lipinski definition) is 3. The molecule has 0 aliphatic heterocycles. The van der Waals surface area contributed by atoms with Crippen molar-refractivity contribution in [1.29, 1.82) is 0 Å². The fourth-order valence-corrected chi connectivity index (χ4v) is 1.70. The van der Waals surface area contributed by atoms with Gasteiger partial charge in [-0.15, -0.1) is 0 Å². The van der Waals surface area contributed by atoms with E-state index in [9.17, 15) is 14.4 Å². The topological polar surface area (TPSA) is 87.3 Å². The Morgan fingerprint density at radius 1 is 0.900 bits per heavy atom. The van der Waals surface area contributed by atoms with Crippen molar-refractivity contribution in [3.05, 3.63) is 34.9 Å². The van der Waals surface area contributed by atoms with Crippen molar-refractivity contribution in [2.75, 3.05) is 20.1 Å². The van der Waals surface area contributed by atoms with E-state index in [-0.39, 0.29) is 24.9 Å². The van der Waals surface area contributed by atoms with Crippen LogP contribution < -0.4 is 16.0 Å². The lowest BCUT2D eigenvalue weighted by molar-refractivity contribution is -0.125. The van der Waals surface area contributed by atoms with Crippen LogP contribution in [-0.2, 0) is 9.59 Å². The van der Waals surface area contributed by atoms with Crippen molar-refractivity contribution in [3.8, 4) is 0 Å². The van der Waals surface area contributed by atoms with Crippen molar-refractivity contribution in [1.82, 2.24) is 16.0 Å². The van der Waals surface area contributed by atoms with E-state index in [1.54, 1.807) is 12.1 Å². The lowest BCUT2D eigenvalue weighted by Crippen LogP contribution is -2.41. The molecule has 1 aromatic rings. The molecule has 0 saturated carbocycles. The summed E-state index contributed by atoms with van der Waals surface area (Å²) >= 11 is 0. The number of hydrogen-bond donors (Lipinski definition) is 3. The van der Waals surface area contributed by atoms with Crippen molar-refractivity contribution >= 4 is 17.7 Å². The van der Waals surface area contributed by atoms with Gasteiger partial charge in [0.05, 0.1) is 13.1 Å². The summed E-state index contributed by atoms with van der Waals surface area (Å²) in [4.78, 5) is 34.2. The van der Waals surface area contributed by atoms with E-state index in [1.165, 1.54) is 7.05 Å². The molecule has 108 valence electrons. The second-order valence-corrected chi connectivity index (χ2v) is 4.51. The number of aryl methyl sites for hydroxylation is 2. The summed E-state index contributed by atoms with van der Waals surface area (Å²) in [6.45, 7) is 3.54. The minimum atomic E-state index is -0.411. The maximum Gasteiger partial charge on any atom is 0.251 e. The van der Waals surface area contributed by atoms with Crippen LogP contribution in [0.4, 0.5) is 0 Å². The van der Waals surface area contributed by atoms with Gasteiger partial charge in [0.2, 0.25) is 11.8 Å². The van der Waals surface area contributed by atoms with Crippen LogP contribution in [0.25, 0.3) is 0 Å². The number of carbonyl (C=O) groups excluding carboxylic acids is 3. The lowest BCUT2D eigenvalue weighted by Gasteiger charge is -2.07. The lowest BCUT2D eigenvalue weighted by atomic mass is 10.1. The molecule has 20 heavy (non-hydrogen) atoms. The fraction of sp³-hybridized carbons (Fsp3) is 0.357. The van der Waals surface area contributed by atoms with Gasteiger partial charge < -0.3 is 16.0 Å². The average molecular weight is 277 g/mol. The molecule has 0 radical (unpaired) electrons. The summed E-state index contributed by atoms with van der Waals surface area (Å²) in [6, 6.07) is 5.47. The third-order valence-corrected chi connectivity index (χ3v) is 2.62.